The summed E-state index contributed by atoms with van der Waals surface area (Å²) in [6, 6.07) is 15.7. The Morgan fingerprint density at radius 2 is 1.78 bits per heavy atom. The zero-order chi connectivity index (χ0) is 22.5. The maximum atomic E-state index is 13.1. The second-order valence-corrected chi connectivity index (χ2v) is 8.45. The number of benzene rings is 2. The lowest BCUT2D eigenvalue weighted by atomic mass is 9.97. The molecule has 2 aromatic carbocycles. The Morgan fingerprint density at radius 1 is 1.03 bits per heavy atom. The van der Waals surface area contributed by atoms with Gasteiger partial charge in [-0.05, 0) is 61.8 Å². The molecule has 1 aromatic heterocycles. The molecular formula is C27H30N2O3. The van der Waals surface area contributed by atoms with Gasteiger partial charge >= 0.3 is 5.97 Å². The first-order valence-electron chi connectivity index (χ1n) is 11.5. The summed E-state index contributed by atoms with van der Waals surface area (Å²) in [5.74, 6) is -0.758. The van der Waals surface area contributed by atoms with Crippen LogP contribution in [0.4, 0.5) is 0 Å². The number of aryl methyl sites for hydroxylation is 2. The average Bonchev–Trinajstić information content (AvgIpc) is 3.06. The summed E-state index contributed by atoms with van der Waals surface area (Å²) in [5.41, 5.74) is 5.62. The van der Waals surface area contributed by atoms with Gasteiger partial charge in [0.1, 0.15) is 0 Å². The largest absolute Gasteiger partial charge is 0.452 e. The predicted octanol–water partition coefficient (Wildman–Crippen LogP) is 5.10. The Labute approximate surface area is 189 Å². The van der Waals surface area contributed by atoms with E-state index in [1.807, 2.05) is 43.3 Å². The van der Waals surface area contributed by atoms with E-state index < -0.39 is 5.97 Å². The third-order valence-electron chi connectivity index (χ3n) is 6.22. The molecule has 1 aliphatic rings. The Morgan fingerprint density at radius 3 is 2.56 bits per heavy atom. The summed E-state index contributed by atoms with van der Waals surface area (Å²) < 4.78 is 5.50. The van der Waals surface area contributed by atoms with Gasteiger partial charge in [0.25, 0.3) is 5.91 Å². The maximum Gasteiger partial charge on any atom is 0.339 e. The topological polar surface area (TPSA) is 68.3 Å². The van der Waals surface area contributed by atoms with E-state index in [9.17, 15) is 9.59 Å². The van der Waals surface area contributed by atoms with E-state index >= 15 is 0 Å². The molecule has 0 bridgehead atoms. The molecule has 1 heterocycles. The molecule has 4 rings (SSSR count). The Hall–Kier alpha value is -3.21. The van der Waals surface area contributed by atoms with Crippen LogP contribution in [0, 0.1) is 0 Å². The Kier molecular flexibility index (Phi) is 6.84. The Bertz CT molecular complexity index is 1120. The van der Waals surface area contributed by atoms with Gasteiger partial charge in [-0.2, -0.15) is 0 Å². The van der Waals surface area contributed by atoms with Gasteiger partial charge in [-0.1, -0.05) is 55.8 Å². The van der Waals surface area contributed by atoms with Crippen LogP contribution in [0.25, 0.3) is 10.9 Å². The van der Waals surface area contributed by atoms with Gasteiger partial charge in [0.2, 0.25) is 0 Å². The highest BCUT2D eigenvalue weighted by molar-refractivity contribution is 6.05. The smallest absolute Gasteiger partial charge is 0.339 e. The van der Waals surface area contributed by atoms with E-state index in [4.69, 9.17) is 9.72 Å². The molecule has 32 heavy (non-hydrogen) atoms. The van der Waals surface area contributed by atoms with Crippen molar-refractivity contribution in [2.75, 3.05) is 6.61 Å². The number of nitrogens with one attached hydrogen (secondary N) is 1. The molecule has 1 atom stereocenters. The van der Waals surface area contributed by atoms with Crippen LogP contribution in [0.5, 0.6) is 0 Å². The number of amides is 1. The molecule has 5 heteroatoms. The van der Waals surface area contributed by atoms with Crippen molar-refractivity contribution >= 4 is 22.8 Å². The molecule has 0 saturated heterocycles. The van der Waals surface area contributed by atoms with E-state index in [1.54, 1.807) is 0 Å². The van der Waals surface area contributed by atoms with Crippen molar-refractivity contribution in [1.82, 2.24) is 10.3 Å². The van der Waals surface area contributed by atoms with Gasteiger partial charge in [0.15, 0.2) is 6.61 Å². The van der Waals surface area contributed by atoms with Crippen molar-refractivity contribution in [2.24, 2.45) is 0 Å². The first-order chi connectivity index (χ1) is 15.6. The van der Waals surface area contributed by atoms with Crippen LogP contribution in [-0.4, -0.2) is 23.5 Å². The second kappa shape index (κ2) is 9.94. The first kappa shape index (κ1) is 22.0. The molecule has 0 aliphatic heterocycles. The molecule has 3 aromatic rings. The minimum Gasteiger partial charge on any atom is -0.452 e. The number of ether oxygens (including phenoxy) is 1. The van der Waals surface area contributed by atoms with Crippen molar-refractivity contribution < 1.29 is 14.3 Å². The van der Waals surface area contributed by atoms with Crippen LogP contribution in [0.1, 0.15) is 71.9 Å². The lowest BCUT2D eigenvalue weighted by Gasteiger charge is -2.16. The molecule has 0 radical (unpaired) electrons. The van der Waals surface area contributed by atoms with Gasteiger partial charge in [-0.25, -0.2) is 4.79 Å². The van der Waals surface area contributed by atoms with E-state index in [0.29, 0.717) is 5.56 Å². The number of para-hydroxylation sites is 1. The van der Waals surface area contributed by atoms with E-state index in [2.05, 4.69) is 24.4 Å². The highest BCUT2D eigenvalue weighted by Crippen LogP contribution is 2.29. The SMILES string of the molecule is CCc1ccc(C(C)NC(=O)COC(=O)c2c3c(nc4ccccc24)CCCCC3)cc1. The quantitative estimate of drug-likeness (QED) is 0.436. The second-order valence-electron chi connectivity index (χ2n) is 8.45. The van der Waals surface area contributed by atoms with Gasteiger partial charge in [-0.15, -0.1) is 0 Å². The molecule has 1 unspecified atom stereocenters. The lowest BCUT2D eigenvalue weighted by molar-refractivity contribution is -0.124. The number of carbonyl (C=O) groups excluding carboxylic acids is 2. The fourth-order valence-electron chi connectivity index (χ4n) is 4.39. The summed E-state index contributed by atoms with van der Waals surface area (Å²) in [5, 5.41) is 3.72. The molecule has 0 spiro atoms. The summed E-state index contributed by atoms with van der Waals surface area (Å²) in [4.78, 5) is 30.4. The van der Waals surface area contributed by atoms with Crippen LogP contribution >= 0.6 is 0 Å². The van der Waals surface area contributed by atoms with Crippen molar-refractivity contribution in [3.63, 3.8) is 0 Å². The summed E-state index contributed by atoms with van der Waals surface area (Å²) >= 11 is 0. The maximum absolute atomic E-state index is 13.1. The van der Waals surface area contributed by atoms with Crippen molar-refractivity contribution in [3.05, 3.63) is 76.5 Å². The van der Waals surface area contributed by atoms with Crippen LogP contribution in [0.3, 0.4) is 0 Å². The Balaban J connectivity index is 1.48. The number of hydrogen-bond donors (Lipinski definition) is 1. The number of nitrogens with zero attached hydrogens (tertiary/aromatic N) is 1. The minimum absolute atomic E-state index is 0.162. The zero-order valence-corrected chi connectivity index (χ0v) is 18.8. The average molecular weight is 431 g/mol. The fourth-order valence-corrected chi connectivity index (χ4v) is 4.39. The molecule has 166 valence electrons. The summed E-state index contributed by atoms with van der Waals surface area (Å²) in [7, 11) is 0. The van der Waals surface area contributed by atoms with Gasteiger partial charge in [0, 0.05) is 11.1 Å². The zero-order valence-electron chi connectivity index (χ0n) is 18.8. The number of esters is 1. The van der Waals surface area contributed by atoms with E-state index in [1.165, 1.54) is 5.56 Å². The molecule has 0 saturated carbocycles. The van der Waals surface area contributed by atoms with Gasteiger partial charge < -0.3 is 10.1 Å². The summed E-state index contributed by atoms with van der Waals surface area (Å²) in [6.45, 7) is 3.73. The van der Waals surface area contributed by atoms with Crippen LogP contribution in [-0.2, 0) is 28.8 Å². The summed E-state index contributed by atoms with van der Waals surface area (Å²) in [6.07, 6.45) is 5.89. The van der Waals surface area contributed by atoms with Crippen LogP contribution < -0.4 is 5.32 Å². The van der Waals surface area contributed by atoms with Gasteiger partial charge in [-0.3, -0.25) is 9.78 Å². The monoisotopic (exact) mass is 430 g/mol. The number of aromatic nitrogens is 1. The normalized spacial score (nSPS) is 14.3. The number of carbonyl (C=O) groups is 2. The predicted molar refractivity (Wildman–Crippen MR) is 126 cm³/mol. The fraction of sp³-hybridized carbons (Fsp3) is 0.370. The highest BCUT2D eigenvalue weighted by atomic mass is 16.5. The highest BCUT2D eigenvalue weighted by Gasteiger charge is 2.23. The minimum atomic E-state index is -0.447. The van der Waals surface area contributed by atoms with E-state index in [-0.39, 0.29) is 18.6 Å². The third kappa shape index (κ3) is 4.82. The number of rotatable bonds is 6. The van der Waals surface area contributed by atoms with Crippen LogP contribution in [0.2, 0.25) is 0 Å². The molecule has 5 nitrogen and oxygen atoms in total. The molecule has 1 amide bonds. The van der Waals surface area contributed by atoms with Crippen LogP contribution in [0.15, 0.2) is 48.5 Å². The molecular weight excluding hydrogens is 400 g/mol. The van der Waals surface area contributed by atoms with Crippen molar-refractivity contribution in [1.29, 1.82) is 0 Å². The molecule has 1 N–H and O–H groups in total. The standard InChI is InChI=1S/C27H30N2O3/c1-3-19-13-15-20(16-14-19)18(2)28-25(30)17-32-27(31)26-21-9-5-4-6-11-23(21)29-24-12-8-7-10-22(24)26/h7-8,10,12-16,18H,3-6,9,11,17H2,1-2H3,(H,28,30). The van der Waals surface area contributed by atoms with Crippen molar-refractivity contribution in [3.8, 4) is 0 Å². The molecule has 0 fully saturated rings. The first-order valence-corrected chi connectivity index (χ1v) is 11.5. The van der Waals surface area contributed by atoms with E-state index in [0.717, 1.165) is 66.2 Å². The van der Waals surface area contributed by atoms with Crippen molar-refractivity contribution in [2.45, 2.75) is 58.4 Å². The number of fused-ring (bicyclic) bond motifs is 2. The molecule has 1 aliphatic carbocycles. The number of pyridine rings is 1. The van der Waals surface area contributed by atoms with Gasteiger partial charge in [0.05, 0.1) is 17.1 Å². The lowest BCUT2D eigenvalue weighted by Crippen LogP contribution is -2.31. The third-order valence-corrected chi connectivity index (χ3v) is 6.22. The number of hydrogen-bond acceptors (Lipinski definition) is 4.